The van der Waals surface area contributed by atoms with E-state index in [9.17, 15) is 0 Å². The molecule has 0 bridgehead atoms. The Morgan fingerprint density at radius 3 is 2.75 bits per heavy atom. The number of hydrogen-bond acceptors (Lipinski definition) is 3. The smallest absolute Gasteiger partial charge is 0.0762 e. The molecule has 0 aliphatic heterocycles. The molecular formula is C14H24ClN5. The van der Waals surface area contributed by atoms with E-state index in [2.05, 4.69) is 48.5 Å². The van der Waals surface area contributed by atoms with Gasteiger partial charge in [-0.05, 0) is 26.3 Å². The number of hydrogen-bond donors (Lipinski definition) is 1. The van der Waals surface area contributed by atoms with Crippen LogP contribution >= 0.6 is 12.4 Å². The maximum absolute atomic E-state index is 4.50. The van der Waals surface area contributed by atoms with Gasteiger partial charge in [0.25, 0.3) is 0 Å². The van der Waals surface area contributed by atoms with Crippen LogP contribution < -0.4 is 5.32 Å². The highest BCUT2D eigenvalue weighted by molar-refractivity contribution is 5.85. The van der Waals surface area contributed by atoms with Gasteiger partial charge >= 0.3 is 0 Å². The number of aromatic nitrogens is 4. The van der Waals surface area contributed by atoms with Crippen LogP contribution in [-0.2, 0) is 19.6 Å². The minimum absolute atomic E-state index is 0. The van der Waals surface area contributed by atoms with Crippen LogP contribution in [0.5, 0.6) is 0 Å². The minimum Gasteiger partial charge on any atom is -0.307 e. The highest BCUT2D eigenvalue weighted by atomic mass is 35.5. The third-order valence-corrected chi connectivity index (χ3v) is 2.97. The Bertz CT molecular complexity index is 503. The fourth-order valence-electron chi connectivity index (χ4n) is 1.94. The average molecular weight is 298 g/mol. The molecule has 0 radical (unpaired) electrons. The molecule has 2 aromatic rings. The Morgan fingerprint density at radius 2 is 2.10 bits per heavy atom. The SMILES string of the molecule is CCCn1ccc(CNCc2cnn(C(C)C)c2)n1.Cl. The molecule has 5 nitrogen and oxygen atoms in total. The van der Waals surface area contributed by atoms with Crippen LogP contribution in [0.15, 0.2) is 24.7 Å². The summed E-state index contributed by atoms with van der Waals surface area (Å²) in [6.07, 6.45) is 7.16. The van der Waals surface area contributed by atoms with Crippen molar-refractivity contribution in [1.29, 1.82) is 0 Å². The zero-order valence-corrected chi connectivity index (χ0v) is 13.2. The fourth-order valence-corrected chi connectivity index (χ4v) is 1.94. The van der Waals surface area contributed by atoms with E-state index in [1.807, 2.05) is 21.8 Å². The van der Waals surface area contributed by atoms with Gasteiger partial charge in [-0.1, -0.05) is 6.92 Å². The highest BCUT2D eigenvalue weighted by Crippen LogP contribution is 2.05. The van der Waals surface area contributed by atoms with E-state index in [-0.39, 0.29) is 12.4 Å². The van der Waals surface area contributed by atoms with E-state index >= 15 is 0 Å². The van der Waals surface area contributed by atoms with Gasteiger partial charge in [0.05, 0.1) is 11.9 Å². The number of aryl methyl sites for hydroxylation is 1. The number of rotatable bonds is 7. The van der Waals surface area contributed by atoms with Crippen LogP contribution in [0.2, 0.25) is 0 Å². The molecule has 0 spiro atoms. The first kappa shape index (κ1) is 16.7. The summed E-state index contributed by atoms with van der Waals surface area (Å²) in [7, 11) is 0. The Labute approximate surface area is 126 Å². The summed E-state index contributed by atoms with van der Waals surface area (Å²) in [6, 6.07) is 2.48. The van der Waals surface area contributed by atoms with Crippen molar-refractivity contribution in [3.63, 3.8) is 0 Å². The minimum atomic E-state index is 0. The van der Waals surface area contributed by atoms with Gasteiger partial charge in [-0.2, -0.15) is 10.2 Å². The van der Waals surface area contributed by atoms with Gasteiger partial charge in [0.2, 0.25) is 0 Å². The van der Waals surface area contributed by atoms with E-state index in [1.54, 1.807) is 0 Å². The van der Waals surface area contributed by atoms with Crippen LogP contribution in [0.1, 0.15) is 44.5 Å². The third-order valence-electron chi connectivity index (χ3n) is 2.97. The zero-order valence-electron chi connectivity index (χ0n) is 12.4. The number of nitrogens with one attached hydrogen (secondary N) is 1. The molecule has 0 fully saturated rings. The van der Waals surface area contributed by atoms with Crippen LogP contribution in [0.4, 0.5) is 0 Å². The Hall–Kier alpha value is -1.33. The molecule has 0 unspecified atom stereocenters. The normalized spacial score (nSPS) is 10.8. The molecule has 0 amide bonds. The van der Waals surface area contributed by atoms with Crippen molar-refractivity contribution in [3.05, 3.63) is 35.9 Å². The number of halogens is 1. The summed E-state index contributed by atoms with van der Waals surface area (Å²) < 4.78 is 3.97. The maximum Gasteiger partial charge on any atom is 0.0762 e. The molecule has 112 valence electrons. The first-order valence-corrected chi connectivity index (χ1v) is 6.95. The van der Waals surface area contributed by atoms with Crippen molar-refractivity contribution in [2.24, 2.45) is 0 Å². The van der Waals surface area contributed by atoms with Gasteiger partial charge < -0.3 is 5.32 Å². The quantitative estimate of drug-likeness (QED) is 0.855. The summed E-state index contributed by atoms with van der Waals surface area (Å²) in [6.45, 7) is 9.03. The maximum atomic E-state index is 4.50. The first-order valence-electron chi connectivity index (χ1n) is 6.95. The monoisotopic (exact) mass is 297 g/mol. The summed E-state index contributed by atoms with van der Waals surface area (Å²) in [5.41, 5.74) is 2.30. The topological polar surface area (TPSA) is 47.7 Å². The molecule has 20 heavy (non-hydrogen) atoms. The lowest BCUT2D eigenvalue weighted by atomic mass is 10.3. The molecule has 2 aromatic heterocycles. The van der Waals surface area contributed by atoms with E-state index in [0.717, 1.165) is 31.7 Å². The lowest BCUT2D eigenvalue weighted by Crippen LogP contribution is -2.13. The van der Waals surface area contributed by atoms with Crippen molar-refractivity contribution >= 4 is 12.4 Å². The molecule has 2 heterocycles. The molecule has 0 saturated carbocycles. The van der Waals surface area contributed by atoms with Crippen LogP contribution in [-0.4, -0.2) is 19.6 Å². The van der Waals surface area contributed by atoms with Gasteiger partial charge in [0, 0.05) is 43.6 Å². The molecule has 6 heteroatoms. The Balaban J connectivity index is 0.00000200. The number of nitrogens with zero attached hydrogens (tertiary/aromatic N) is 4. The Morgan fingerprint density at radius 1 is 1.30 bits per heavy atom. The molecule has 0 aliphatic carbocycles. The lowest BCUT2D eigenvalue weighted by molar-refractivity contribution is 0.531. The zero-order chi connectivity index (χ0) is 13.7. The van der Waals surface area contributed by atoms with E-state index < -0.39 is 0 Å². The predicted octanol–water partition coefficient (Wildman–Crippen LogP) is 2.78. The van der Waals surface area contributed by atoms with Crippen LogP contribution in [0.3, 0.4) is 0 Å². The molecule has 0 aliphatic rings. The van der Waals surface area contributed by atoms with Crippen molar-refractivity contribution < 1.29 is 0 Å². The second-order valence-electron chi connectivity index (χ2n) is 5.10. The van der Waals surface area contributed by atoms with E-state index in [4.69, 9.17) is 0 Å². The highest BCUT2D eigenvalue weighted by Gasteiger charge is 2.02. The molecule has 0 aromatic carbocycles. The van der Waals surface area contributed by atoms with Crippen LogP contribution in [0.25, 0.3) is 0 Å². The fraction of sp³-hybridized carbons (Fsp3) is 0.571. The second-order valence-corrected chi connectivity index (χ2v) is 5.10. The van der Waals surface area contributed by atoms with E-state index in [1.165, 1.54) is 5.56 Å². The second kappa shape index (κ2) is 8.07. The summed E-state index contributed by atoms with van der Waals surface area (Å²) >= 11 is 0. The van der Waals surface area contributed by atoms with Crippen molar-refractivity contribution in [2.75, 3.05) is 0 Å². The molecule has 0 atom stereocenters. The van der Waals surface area contributed by atoms with E-state index in [0.29, 0.717) is 6.04 Å². The lowest BCUT2D eigenvalue weighted by Gasteiger charge is -2.03. The van der Waals surface area contributed by atoms with Crippen LogP contribution in [0, 0.1) is 0 Å². The molecule has 0 saturated heterocycles. The van der Waals surface area contributed by atoms with Gasteiger partial charge in [-0.3, -0.25) is 9.36 Å². The third kappa shape index (κ3) is 4.65. The molecular weight excluding hydrogens is 274 g/mol. The summed E-state index contributed by atoms with van der Waals surface area (Å²) in [5, 5.41) is 12.2. The first-order chi connectivity index (χ1) is 9.19. The molecule has 2 rings (SSSR count). The molecule has 1 N–H and O–H groups in total. The largest absolute Gasteiger partial charge is 0.307 e. The van der Waals surface area contributed by atoms with Crippen molar-refractivity contribution in [2.45, 2.75) is 52.9 Å². The Kier molecular flexibility index (Phi) is 6.75. The standard InChI is InChI=1S/C14H23N5.ClH/c1-4-6-18-7-5-14(17-18)10-15-8-13-9-16-19(11-13)12(2)3;/h5,7,9,11-12,15H,4,6,8,10H2,1-3H3;1H. The summed E-state index contributed by atoms with van der Waals surface area (Å²) in [4.78, 5) is 0. The average Bonchev–Trinajstić information content (AvgIpc) is 2.99. The van der Waals surface area contributed by atoms with Gasteiger partial charge in [0.1, 0.15) is 0 Å². The van der Waals surface area contributed by atoms with Gasteiger partial charge in [-0.15, -0.1) is 12.4 Å². The predicted molar refractivity (Wildman–Crippen MR) is 82.9 cm³/mol. The van der Waals surface area contributed by atoms with Gasteiger partial charge in [0.15, 0.2) is 0 Å². The van der Waals surface area contributed by atoms with Crippen molar-refractivity contribution in [1.82, 2.24) is 24.9 Å². The van der Waals surface area contributed by atoms with Crippen molar-refractivity contribution in [3.8, 4) is 0 Å². The summed E-state index contributed by atoms with van der Waals surface area (Å²) in [5.74, 6) is 0. The van der Waals surface area contributed by atoms with Gasteiger partial charge in [-0.25, -0.2) is 0 Å².